The minimum atomic E-state index is 1.33. The third-order valence-corrected chi connectivity index (χ3v) is 5.15. The van der Waals surface area contributed by atoms with Gasteiger partial charge >= 0.3 is 0 Å². The molecule has 0 amide bonds. The molecule has 0 rings (SSSR count). The summed E-state index contributed by atoms with van der Waals surface area (Å²) in [6, 6.07) is 0. The highest BCUT2D eigenvalue weighted by atomic mass is 15.3. The van der Waals surface area contributed by atoms with Gasteiger partial charge in [-0.15, -0.1) is 0 Å². The first-order valence-electron chi connectivity index (χ1n) is 10.5. The molecule has 1 nitrogen and oxygen atoms in total. The van der Waals surface area contributed by atoms with Crippen LogP contribution in [-0.4, -0.2) is 31.2 Å². The normalized spacial score (nSPS) is 12.0. The molecule has 22 heavy (non-hydrogen) atoms. The van der Waals surface area contributed by atoms with Crippen LogP contribution < -0.4 is 0 Å². The van der Waals surface area contributed by atoms with E-state index in [0.29, 0.717) is 0 Å². The van der Waals surface area contributed by atoms with Gasteiger partial charge in [-0.2, -0.15) is 0 Å². The summed E-state index contributed by atoms with van der Waals surface area (Å²) in [7, 11) is 2.50. The van der Waals surface area contributed by atoms with E-state index in [0.717, 1.165) is 0 Å². The van der Waals surface area contributed by atoms with E-state index in [1.54, 1.807) is 0 Å². The van der Waals surface area contributed by atoms with Crippen molar-refractivity contribution in [1.29, 1.82) is 0 Å². The maximum absolute atomic E-state index is 2.50. The summed E-state index contributed by atoms with van der Waals surface area (Å²) in [6.45, 7) is 11.2. The fraction of sp³-hybridized carbons (Fsp3) is 1.00. The standard InChI is InChI=1S/C21H46N/c1-5-8-11-12-13-14-15-16-17-18-21-22(4,19-9-6-2)20-10-7-3/h5-21H2,1-4H3/q+1. The number of nitrogens with zero attached hydrogens (tertiary/aromatic N) is 1. The van der Waals surface area contributed by atoms with E-state index in [-0.39, 0.29) is 0 Å². The second kappa shape index (κ2) is 15.8. The van der Waals surface area contributed by atoms with Crippen LogP contribution in [0.4, 0.5) is 0 Å². The van der Waals surface area contributed by atoms with E-state index in [9.17, 15) is 0 Å². The monoisotopic (exact) mass is 312 g/mol. The van der Waals surface area contributed by atoms with Gasteiger partial charge in [-0.3, -0.25) is 0 Å². The van der Waals surface area contributed by atoms with Crippen LogP contribution >= 0.6 is 0 Å². The third-order valence-electron chi connectivity index (χ3n) is 5.15. The summed E-state index contributed by atoms with van der Waals surface area (Å²) in [5, 5.41) is 0. The molecule has 0 spiro atoms. The number of hydrogen-bond donors (Lipinski definition) is 0. The highest BCUT2D eigenvalue weighted by Gasteiger charge is 2.19. The Morgan fingerprint density at radius 1 is 0.409 bits per heavy atom. The lowest BCUT2D eigenvalue weighted by atomic mass is 10.1. The molecule has 0 bridgehead atoms. The Kier molecular flexibility index (Phi) is 15.8. The predicted molar refractivity (Wildman–Crippen MR) is 102 cm³/mol. The SMILES string of the molecule is CCCCCCCCCCCC[N+](C)(CCCC)CCCC. The summed E-state index contributed by atoms with van der Waals surface area (Å²) in [5.74, 6) is 0. The molecule has 0 fully saturated rings. The molecule has 0 aromatic carbocycles. The van der Waals surface area contributed by atoms with Crippen molar-refractivity contribution in [3.8, 4) is 0 Å². The summed E-state index contributed by atoms with van der Waals surface area (Å²) < 4.78 is 1.33. The molecule has 0 aromatic rings. The molecule has 0 aromatic heterocycles. The molecule has 0 aliphatic carbocycles. The van der Waals surface area contributed by atoms with Crippen molar-refractivity contribution in [3.63, 3.8) is 0 Å². The largest absolute Gasteiger partial charge is 0.326 e. The van der Waals surface area contributed by atoms with E-state index >= 15 is 0 Å². The van der Waals surface area contributed by atoms with Gasteiger partial charge in [-0.1, -0.05) is 85.0 Å². The van der Waals surface area contributed by atoms with Gasteiger partial charge in [0, 0.05) is 0 Å². The van der Waals surface area contributed by atoms with Gasteiger partial charge in [0.1, 0.15) is 0 Å². The zero-order valence-electron chi connectivity index (χ0n) is 16.5. The number of unbranched alkanes of at least 4 members (excludes halogenated alkanes) is 11. The van der Waals surface area contributed by atoms with E-state index in [1.807, 2.05) is 0 Å². The number of hydrogen-bond acceptors (Lipinski definition) is 0. The van der Waals surface area contributed by atoms with Gasteiger partial charge in [0.15, 0.2) is 0 Å². The van der Waals surface area contributed by atoms with Crippen molar-refractivity contribution in [1.82, 2.24) is 0 Å². The zero-order valence-corrected chi connectivity index (χ0v) is 16.5. The first kappa shape index (κ1) is 22.0. The molecule has 0 heterocycles. The maximum atomic E-state index is 2.50. The van der Waals surface area contributed by atoms with Crippen molar-refractivity contribution in [2.24, 2.45) is 0 Å². The van der Waals surface area contributed by atoms with Gasteiger partial charge in [0.05, 0.1) is 26.7 Å². The summed E-state index contributed by atoms with van der Waals surface area (Å²) in [6.07, 6.45) is 20.0. The Morgan fingerprint density at radius 3 is 1.14 bits per heavy atom. The Balaban J connectivity index is 3.58. The molecular weight excluding hydrogens is 266 g/mol. The molecule has 134 valence electrons. The minimum Gasteiger partial charge on any atom is -0.326 e. The lowest BCUT2D eigenvalue weighted by Crippen LogP contribution is -2.46. The van der Waals surface area contributed by atoms with Crippen molar-refractivity contribution >= 4 is 0 Å². The molecule has 0 aliphatic rings. The van der Waals surface area contributed by atoms with Crippen LogP contribution in [0.1, 0.15) is 111 Å². The van der Waals surface area contributed by atoms with Crippen molar-refractivity contribution < 1.29 is 4.48 Å². The third kappa shape index (κ3) is 13.6. The van der Waals surface area contributed by atoms with Gasteiger partial charge in [-0.05, 0) is 25.7 Å². The minimum absolute atomic E-state index is 1.33. The molecule has 1 heteroatoms. The quantitative estimate of drug-likeness (QED) is 0.201. The van der Waals surface area contributed by atoms with Crippen molar-refractivity contribution in [3.05, 3.63) is 0 Å². The highest BCUT2D eigenvalue weighted by Crippen LogP contribution is 2.14. The first-order chi connectivity index (χ1) is 10.7. The fourth-order valence-electron chi connectivity index (χ4n) is 3.40. The average molecular weight is 313 g/mol. The molecule has 0 saturated heterocycles. The van der Waals surface area contributed by atoms with E-state index < -0.39 is 0 Å². The van der Waals surface area contributed by atoms with Crippen LogP contribution in [0.25, 0.3) is 0 Å². The average Bonchev–Trinajstić information content (AvgIpc) is 2.53. The molecule has 0 saturated carbocycles. The van der Waals surface area contributed by atoms with Crippen LogP contribution in [0.3, 0.4) is 0 Å². The van der Waals surface area contributed by atoms with Crippen LogP contribution in [0.2, 0.25) is 0 Å². The van der Waals surface area contributed by atoms with Gasteiger partial charge < -0.3 is 4.48 Å². The van der Waals surface area contributed by atoms with Gasteiger partial charge in [-0.25, -0.2) is 0 Å². The number of quaternary nitrogens is 1. The Labute approximate surface area is 142 Å². The van der Waals surface area contributed by atoms with E-state index in [1.165, 1.54) is 114 Å². The first-order valence-corrected chi connectivity index (χ1v) is 10.5. The van der Waals surface area contributed by atoms with Crippen LogP contribution in [0, 0.1) is 0 Å². The summed E-state index contributed by atoms with van der Waals surface area (Å²) >= 11 is 0. The van der Waals surface area contributed by atoms with Crippen molar-refractivity contribution in [2.75, 3.05) is 26.7 Å². The van der Waals surface area contributed by atoms with Crippen LogP contribution in [0.5, 0.6) is 0 Å². The highest BCUT2D eigenvalue weighted by molar-refractivity contribution is 4.49. The van der Waals surface area contributed by atoms with Gasteiger partial charge in [0.25, 0.3) is 0 Å². The molecular formula is C21H46N+. The second-order valence-corrected chi connectivity index (χ2v) is 7.68. The van der Waals surface area contributed by atoms with E-state index in [2.05, 4.69) is 27.8 Å². The topological polar surface area (TPSA) is 0 Å². The van der Waals surface area contributed by atoms with E-state index in [4.69, 9.17) is 0 Å². The van der Waals surface area contributed by atoms with Crippen LogP contribution in [0.15, 0.2) is 0 Å². The molecule has 0 atom stereocenters. The fourth-order valence-corrected chi connectivity index (χ4v) is 3.40. The second-order valence-electron chi connectivity index (χ2n) is 7.68. The Bertz CT molecular complexity index is 204. The van der Waals surface area contributed by atoms with Gasteiger partial charge in [0.2, 0.25) is 0 Å². The van der Waals surface area contributed by atoms with Crippen molar-refractivity contribution in [2.45, 2.75) is 111 Å². The lowest BCUT2D eigenvalue weighted by Gasteiger charge is -2.35. The predicted octanol–water partition coefficient (Wildman–Crippen LogP) is 6.95. The lowest BCUT2D eigenvalue weighted by molar-refractivity contribution is -0.910. The summed E-state index contributed by atoms with van der Waals surface area (Å²) in [4.78, 5) is 0. The molecule has 0 radical (unpaired) electrons. The molecule has 0 unspecified atom stereocenters. The number of rotatable bonds is 17. The smallest absolute Gasteiger partial charge is 0.0784 e. The molecule has 0 aliphatic heterocycles. The Morgan fingerprint density at radius 2 is 0.727 bits per heavy atom. The maximum Gasteiger partial charge on any atom is 0.0784 e. The van der Waals surface area contributed by atoms with Crippen LogP contribution in [-0.2, 0) is 0 Å². The Hall–Kier alpha value is -0.0400. The summed E-state index contributed by atoms with van der Waals surface area (Å²) in [5.41, 5.74) is 0. The molecule has 0 N–H and O–H groups in total. The zero-order chi connectivity index (χ0) is 16.5.